The lowest BCUT2D eigenvalue weighted by atomic mass is 10.1. The largest absolute Gasteiger partial charge is 0.490 e. The van der Waals surface area contributed by atoms with Gasteiger partial charge in [-0.05, 0) is 80.4 Å². The second-order valence-corrected chi connectivity index (χ2v) is 9.31. The van der Waals surface area contributed by atoms with Gasteiger partial charge in [-0.1, -0.05) is 13.8 Å². The summed E-state index contributed by atoms with van der Waals surface area (Å²) in [6.07, 6.45) is 2.03. The molecule has 7 heteroatoms. The monoisotopic (exact) mass is 406 g/mol. The molecule has 0 saturated carbocycles. The number of nitrogens with one attached hydrogen (secondary N) is 1. The number of benzene rings is 2. The van der Waals surface area contributed by atoms with Crippen LogP contribution in [0.3, 0.4) is 0 Å². The van der Waals surface area contributed by atoms with Crippen LogP contribution in [-0.2, 0) is 10.0 Å². The van der Waals surface area contributed by atoms with Gasteiger partial charge in [-0.15, -0.1) is 0 Å². The van der Waals surface area contributed by atoms with Crippen molar-refractivity contribution in [2.24, 2.45) is 5.92 Å². The Morgan fingerprint density at radius 1 is 1.07 bits per heavy atom. The van der Waals surface area contributed by atoms with Gasteiger partial charge >= 0.3 is 0 Å². The van der Waals surface area contributed by atoms with Crippen molar-refractivity contribution in [2.45, 2.75) is 37.7 Å². The van der Waals surface area contributed by atoms with E-state index in [4.69, 9.17) is 4.74 Å². The lowest BCUT2D eigenvalue weighted by Crippen LogP contribution is -2.34. The van der Waals surface area contributed by atoms with E-state index in [1.165, 1.54) is 28.6 Å². The Balaban J connectivity index is 1.82. The van der Waals surface area contributed by atoms with E-state index in [9.17, 15) is 12.8 Å². The van der Waals surface area contributed by atoms with Gasteiger partial charge in [-0.2, -0.15) is 0 Å². The SMILES string of the molecule is CC(C)CN(c1ccc(F)cc1)S(=O)(=O)c1ccc(OC2CCNCC2)cc1. The third kappa shape index (κ3) is 5.02. The first-order valence-electron chi connectivity index (χ1n) is 9.62. The number of nitrogens with zero attached hydrogens (tertiary/aromatic N) is 1. The van der Waals surface area contributed by atoms with Gasteiger partial charge in [-0.3, -0.25) is 4.31 Å². The van der Waals surface area contributed by atoms with E-state index in [0.717, 1.165) is 25.9 Å². The summed E-state index contributed by atoms with van der Waals surface area (Å²) in [4.78, 5) is 0.190. The van der Waals surface area contributed by atoms with E-state index < -0.39 is 15.8 Å². The topological polar surface area (TPSA) is 58.6 Å². The zero-order valence-electron chi connectivity index (χ0n) is 16.3. The minimum Gasteiger partial charge on any atom is -0.490 e. The third-order valence-corrected chi connectivity index (χ3v) is 6.45. The second-order valence-electron chi connectivity index (χ2n) is 7.45. The summed E-state index contributed by atoms with van der Waals surface area (Å²) in [5, 5.41) is 3.29. The normalized spacial score (nSPS) is 15.6. The average molecular weight is 407 g/mol. The molecule has 0 aromatic heterocycles. The molecule has 3 rings (SSSR count). The summed E-state index contributed by atoms with van der Waals surface area (Å²) in [7, 11) is -3.77. The first-order chi connectivity index (χ1) is 13.4. The minimum absolute atomic E-state index is 0.113. The van der Waals surface area contributed by atoms with Crippen molar-refractivity contribution in [3.8, 4) is 5.75 Å². The van der Waals surface area contributed by atoms with E-state index >= 15 is 0 Å². The fraction of sp³-hybridized carbons (Fsp3) is 0.429. The van der Waals surface area contributed by atoms with Crippen molar-refractivity contribution in [2.75, 3.05) is 23.9 Å². The van der Waals surface area contributed by atoms with Crippen LogP contribution >= 0.6 is 0 Å². The van der Waals surface area contributed by atoms with Crippen LogP contribution < -0.4 is 14.4 Å². The maximum atomic E-state index is 13.3. The van der Waals surface area contributed by atoms with Crippen LogP contribution in [0.2, 0.25) is 0 Å². The molecular weight excluding hydrogens is 379 g/mol. The van der Waals surface area contributed by atoms with Crippen LogP contribution in [0.4, 0.5) is 10.1 Å². The quantitative estimate of drug-likeness (QED) is 0.760. The smallest absolute Gasteiger partial charge is 0.264 e. The molecule has 2 aromatic rings. The fourth-order valence-electron chi connectivity index (χ4n) is 3.20. The predicted octanol–water partition coefficient (Wildman–Crippen LogP) is 3.81. The van der Waals surface area contributed by atoms with Gasteiger partial charge in [0.2, 0.25) is 0 Å². The van der Waals surface area contributed by atoms with Crippen molar-refractivity contribution in [1.29, 1.82) is 0 Å². The molecule has 0 atom stereocenters. The molecule has 28 heavy (non-hydrogen) atoms. The van der Waals surface area contributed by atoms with Crippen molar-refractivity contribution in [3.05, 3.63) is 54.3 Å². The maximum Gasteiger partial charge on any atom is 0.264 e. The summed E-state index contributed by atoms with van der Waals surface area (Å²) in [6, 6.07) is 12.1. The molecular formula is C21H27FN2O3S. The van der Waals surface area contributed by atoms with E-state index in [-0.39, 0.29) is 16.9 Å². The van der Waals surface area contributed by atoms with Gasteiger partial charge in [-0.25, -0.2) is 12.8 Å². The lowest BCUT2D eigenvalue weighted by molar-refractivity contribution is 0.162. The maximum absolute atomic E-state index is 13.3. The average Bonchev–Trinajstić information content (AvgIpc) is 2.68. The standard InChI is InChI=1S/C21H27FN2O3S/c1-16(2)15-24(18-5-3-17(22)4-6-18)28(25,26)21-9-7-19(8-10-21)27-20-11-13-23-14-12-20/h3-10,16,20,23H,11-15H2,1-2H3. The molecule has 152 valence electrons. The molecule has 1 aliphatic heterocycles. The molecule has 0 bridgehead atoms. The number of anilines is 1. The molecule has 0 aliphatic carbocycles. The number of ether oxygens (including phenoxy) is 1. The van der Waals surface area contributed by atoms with E-state index in [1.807, 2.05) is 13.8 Å². The van der Waals surface area contributed by atoms with Gasteiger partial charge in [0.25, 0.3) is 10.0 Å². The van der Waals surface area contributed by atoms with Crippen LogP contribution in [0.1, 0.15) is 26.7 Å². The van der Waals surface area contributed by atoms with E-state index in [2.05, 4.69) is 5.32 Å². The molecule has 5 nitrogen and oxygen atoms in total. The molecule has 1 heterocycles. The minimum atomic E-state index is -3.77. The van der Waals surface area contributed by atoms with Gasteiger partial charge < -0.3 is 10.1 Å². The number of halogens is 1. The molecule has 2 aromatic carbocycles. The molecule has 0 unspecified atom stereocenters. The third-order valence-electron chi connectivity index (χ3n) is 4.65. The number of piperidine rings is 1. The zero-order chi connectivity index (χ0) is 20.1. The van der Waals surface area contributed by atoms with Crippen molar-refractivity contribution in [1.82, 2.24) is 5.32 Å². The van der Waals surface area contributed by atoms with Crippen molar-refractivity contribution < 1.29 is 17.5 Å². The molecule has 1 saturated heterocycles. The van der Waals surface area contributed by atoms with Crippen molar-refractivity contribution >= 4 is 15.7 Å². The van der Waals surface area contributed by atoms with Crippen LogP contribution in [0, 0.1) is 11.7 Å². The van der Waals surface area contributed by atoms with Gasteiger partial charge in [0.15, 0.2) is 0 Å². The Hall–Kier alpha value is -2.12. The van der Waals surface area contributed by atoms with Crippen LogP contribution in [0.25, 0.3) is 0 Å². The Labute approximate surface area is 166 Å². The lowest BCUT2D eigenvalue weighted by Gasteiger charge is -2.27. The number of rotatable bonds is 7. The molecule has 0 radical (unpaired) electrons. The number of hydrogen-bond donors (Lipinski definition) is 1. The Morgan fingerprint density at radius 2 is 1.68 bits per heavy atom. The highest BCUT2D eigenvalue weighted by Crippen LogP contribution is 2.27. The number of sulfonamides is 1. The summed E-state index contributed by atoms with van der Waals surface area (Å²) in [5.74, 6) is 0.385. The molecule has 0 spiro atoms. The highest BCUT2D eigenvalue weighted by atomic mass is 32.2. The highest BCUT2D eigenvalue weighted by molar-refractivity contribution is 7.92. The second kappa shape index (κ2) is 8.92. The number of hydrogen-bond acceptors (Lipinski definition) is 4. The van der Waals surface area contributed by atoms with Gasteiger partial charge in [0, 0.05) is 6.54 Å². The summed E-state index contributed by atoms with van der Waals surface area (Å²) in [6.45, 7) is 6.06. The van der Waals surface area contributed by atoms with Crippen LogP contribution in [0.15, 0.2) is 53.4 Å². The van der Waals surface area contributed by atoms with Gasteiger partial charge in [0.1, 0.15) is 17.7 Å². The van der Waals surface area contributed by atoms with Crippen LogP contribution in [0.5, 0.6) is 5.75 Å². The van der Waals surface area contributed by atoms with Gasteiger partial charge in [0.05, 0.1) is 10.6 Å². The summed E-state index contributed by atoms with van der Waals surface area (Å²) < 4.78 is 47.0. The summed E-state index contributed by atoms with van der Waals surface area (Å²) >= 11 is 0. The summed E-state index contributed by atoms with van der Waals surface area (Å²) in [5.41, 5.74) is 0.449. The van der Waals surface area contributed by atoms with E-state index in [1.54, 1.807) is 24.3 Å². The highest BCUT2D eigenvalue weighted by Gasteiger charge is 2.26. The molecule has 1 N–H and O–H groups in total. The first kappa shape index (κ1) is 20.6. The Bertz CT molecular complexity index is 862. The first-order valence-corrected chi connectivity index (χ1v) is 11.1. The molecule has 0 amide bonds. The van der Waals surface area contributed by atoms with Crippen LogP contribution in [-0.4, -0.2) is 34.2 Å². The predicted molar refractivity (Wildman–Crippen MR) is 109 cm³/mol. The Morgan fingerprint density at radius 3 is 2.25 bits per heavy atom. The van der Waals surface area contributed by atoms with Crippen molar-refractivity contribution in [3.63, 3.8) is 0 Å². The zero-order valence-corrected chi connectivity index (χ0v) is 17.1. The molecule has 1 fully saturated rings. The van der Waals surface area contributed by atoms with E-state index in [0.29, 0.717) is 18.0 Å². The molecule has 1 aliphatic rings. The Kier molecular flexibility index (Phi) is 6.57. The fourth-order valence-corrected chi connectivity index (χ4v) is 4.83.